The van der Waals surface area contributed by atoms with Crippen LogP contribution in [0.1, 0.15) is 18.5 Å². The average Bonchev–Trinajstić information content (AvgIpc) is 3.09. The first-order valence-corrected chi connectivity index (χ1v) is 6.10. The minimum absolute atomic E-state index is 0.491. The van der Waals surface area contributed by atoms with E-state index in [1.165, 1.54) is 12.8 Å². The zero-order valence-electron chi connectivity index (χ0n) is 9.32. The van der Waals surface area contributed by atoms with Gasteiger partial charge in [0.2, 0.25) is 0 Å². The van der Waals surface area contributed by atoms with Crippen molar-refractivity contribution in [3.63, 3.8) is 0 Å². The molecule has 3 heteroatoms. The van der Waals surface area contributed by atoms with Gasteiger partial charge in [-0.2, -0.15) is 0 Å². The maximum absolute atomic E-state index is 5.78. The van der Waals surface area contributed by atoms with Gasteiger partial charge in [-0.1, -0.05) is 24.2 Å². The summed E-state index contributed by atoms with van der Waals surface area (Å²) in [5.41, 5.74) is 1.15. The van der Waals surface area contributed by atoms with Gasteiger partial charge in [0.05, 0.1) is 0 Å². The second kappa shape index (κ2) is 5.46. The van der Waals surface area contributed by atoms with Gasteiger partial charge in [-0.05, 0) is 30.9 Å². The third kappa shape index (κ3) is 3.62. The van der Waals surface area contributed by atoms with Crippen LogP contribution in [0.2, 0.25) is 0 Å². The highest BCUT2D eigenvalue weighted by Crippen LogP contribution is 2.33. The van der Waals surface area contributed by atoms with Gasteiger partial charge in [0, 0.05) is 35.9 Å². The molecule has 0 aliphatic heterocycles. The van der Waals surface area contributed by atoms with Crippen molar-refractivity contribution in [1.29, 1.82) is 0 Å². The highest BCUT2D eigenvalue weighted by Gasteiger charge is 2.30. The van der Waals surface area contributed by atoms with Crippen LogP contribution in [0.25, 0.3) is 0 Å². The molecule has 16 heavy (non-hydrogen) atoms. The van der Waals surface area contributed by atoms with E-state index in [-0.39, 0.29) is 0 Å². The van der Waals surface area contributed by atoms with Gasteiger partial charge >= 0.3 is 0 Å². The smallest absolute Gasteiger partial charge is 0.0419 e. The first-order chi connectivity index (χ1) is 7.75. The molecule has 1 unspecified atom stereocenters. The Bertz CT molecular complexity index is 346. The highest BCUT2D eigenvalue weighted by molar-refractivity contribution is 6.29. The summed E-state index contributed by atoms with van der Waals surface area (Å²) in [6.45, 7) is 4.39. The zero-order chi connectivity index (χ0) is 11.4. The summed E-state index contributed by atoms with van der Waals surface area (Å²) in [6, 6.07) is 6.55. The van der Waals surface area contributed by atoms with Crippen molar-refractivity contribution >= 4 is 11.6 Å². The lowest BCUT2D eigenvalue weighted by Crippen LogP contribution is -2.34. The predicted octanol–water partition coefficient (Wildman–Crippen LogP) is 2.74. The first-order valence-electron chi connectivity index (χ1n) is 5.72. The van der Waals surface area contributed by atoms with Crippen molar-refractivity contribution in [2.45, 2.75) is 25.3 Å². The summed E-state index contributed by atoms with van der Waals surface area (Å²) >= 11 is 5.78. The van der Waals surface area contributed by atoms with E-state index in [2.05, 4.69) is 22.9 Å². The van der Waals surface area contributed by atoms with Gasteiger partial charge in [0.1, 0.15) is 0 Å². The molecular weight excluding hydrogens is 220 g/mol. The van der Waals surface area contributed by atoms with Crippen molar-refractivity contribution in [1.82, 2.24) is 10.3 Å². The van der Waals surface area contributed by atoms with E-state index in [9.17, 15) is 0 Å². The Kier molecular flexibility index (Phi) is 3.97. The van der Waals surface area contributed by atoms with E-state index in [4.69, 9.17) is 11.6 Å². The molecule has 0 saturated heterocycles. The molecule has 0 amide bonds. The van der Waals surface area contributed by atoms with E-state index in [1.807, 2.05) is 18.3 Å². The molecule has 0 aromatic carbocycles. The fraction of sp³-hybridized carbons (Fsp3) is 0.462. The van der Waals surface area contributed by atoms with E-state index in [0.717, 1.165) is 18.0 Å². The lowest BCUT2D eigenvalue weighted by atomic mass is 10.1. The molecule has 1 fully saturated rings. The van der Waals surface area contributed by atoms with Crippen molar-refractivity contribution in [2.75, 3.05) is 6.54 Å². The standard InChI is InChI=1S/C13H17ClN2/c1-10(14)9-16-13(11-5-6-11)8-12-4-2-3-7-15-12/h2-4,7,11,13,16H,1,5-6,8-9H2. The van der Waals surface area contributed by atoms with Crippen LogP contribution in [0.15, 0.2) is 36.0 Å². The van der Waals surface area contributed by atoms with Crippen molar-refractivity contribution in [3.8, 4) is 0 Å². The van der Waals surface area contributed by atoms with Gasteiger partial charge in [-0.25, -0.2) is 0 Å². The lowest BCUT2D eigenvalue weighted by Gasteiger charge is -2.17. The molecule has 1 N–H and O–H groups in total. The highest BCUT2D eigenvalue weighted by atomic mass is 35.5. The van der Waals surface area contributed by atoms with Crippen molar-refractivity contribution in [3.05, 3.63) is 41.7 Å². The molecule has 1 aromatic rings. The molecule has 2 rings (SSSR count). The summed E-state index contributed by atoms with van der Waals surface area (Å²) in [6.07, 6.45) is 5.47. The van der Waals surface area contributed by atoms with Crippen LogP contribution in [0.5, 0.6) is 0 Å². The third-order valence-corrected chi connectivity index (χ3v) is 3.04. The lowest BCUT2D eigenvalue weighted by molar-refractivity contribution is 0.476. The molecule has 1 saturated carbocycles. The minimum atomic E-state index is 0.491. The third-order valence-electron chi connectivity index (χ3n) is 2.90. The number of aromatic nitrogens is 1. The Labute approximate surface area is 102 Å². The molecule has 0 radical (unpaired) electrons. The zero-order valence-corrected chi connectivity index (χ0v) is 10.1. The molecule has 2 nitrogen and oxygen atoms in total. The van der Waals surface area contributed by atoms with Gasteiger partial charge in [0.15, 0.2) is 0 Å². The Balaban J connectivity index is 1.90. The average molecular weight is 237 g/mol. The van der Waals surface area contributed by atoms with E-state index < -0.39 is 0 Å². The second-order valence-corrected chi connectivity index (χ2v) is 4.90. The van der Waals surface area contributed by atoms with Gasteiger partial charge in [-0.3, -0.25) is 4.98 Å². The van der Waals surface area contributed by atoms with Crippen LogP contribution < -0.4 is 5.32 Å². The Morgan fingerprint density at radius 3 is 2.94 bits per heavy atom. The Morgan fingerprint density at radius 1 is 1.56 bits per heavy atom. The summed E-state index contributed by atoms with van der Waals surface area (Å²) in [5, 5.41) is 4.13. The number of rotatable bonds is 6. The minimum Gasteiger partial charge on any atom is -0.308 e. The Hall–Kier alpha value is -0.860. The molecule has 0 spiro atoms. The van der Waals surface area contributed by atoms with Gasteiger partial charge < -0.3 is 5.32 Å². The van der Waals surface area contributed by atoms with E-state index >= 15 is 0 Å². The Morgan fingerprint density at radius 2 is 2.38 bits per heavy atom. The number of nitrogens with one attached hydrogen (secondary N) is 1. The fourth-order valence-corrected chi connectivity index (χ4v) is 1.97. The number of nitrogens with zero attached hydrogens (tertiary/aromatic N) is 1. The quantitative estimate of drug-likeness (QED) is 0.822. The molecular formula is C13H17ClN2. The number of hydrogen-bond acceptors (Lipinski definition) is 2. The molecule has 0 bridgehead atoms. The SMILES string of the molecule is C=C(Cl)CNC(Cc1ccccn1)C1CC1. The van der Waals surface area contributed by atoms with Crippen LogP contribution >= 0.6 is 11.6 Å². The van der Waals surface area contributed by atoms with E-state index in [1.54, 1.807) is 0 Å². The second-order valence-electron chi connectivity index (χ2n) is 4.37. The number of hydrogen-bond donors (Lipinski definition) is 1. The molecule has 1 aliphatic rings. The number of pyridine rings is 1. The molecule has 1 aliphatic carbocycles. The maximum Gasteiger partial charge on any atom is 0.0419 e. The molecule has 1 aromatic heterocycles. The monoisotopic (exact) mass is 236 g/mol. The fourth-order valence-electron chi connectivity index (χ4n) is 1.89. The predicted molar refractivity (Wildman–Crippen MR) is 67.4 cm³/mol. The van der Waals surface area contributed by atoms with Gasteiger partial charge in [-0.15, -0.1) is 0 Å². The summed E-state index contributed by atoms with van der Waals surface area (Å²) in [5.74, 6) is 0.790. The summed E-state index contributed by atoms with van der Waals surface area (Å²) < 4.78 is 0. The van der Waals surface area contributed by atoms with Crippen LogP contribution in [-0.4, -0.2) is 17.6 Å². The topological polar surface area (TPSA) is 24.9 Å². The summed E-state index contributed by atoms with van der Waals surface area (Å²) in [4.78, 5) is 4.36. The van der Waals surface area contributed by atoms with Gasteiger partial charge in [0.25, 0.3) is 0 Å². The van der Waals surface area contributed by atoms with Crippen molar-refractivity contribution < 1.29 is 0 Å². The van der Waals surface area contributed by atoms with Crippen LogP contribution in [0, 0.1) is 5.92 Å². The first kappa shape index (κ1) is 11.6. The molecule has 1 atom stereocenters. The van der Waals surface area contributed by atoms with E-state index in [0.29, 0.717) is 17.6 Å². The normalized spacial score (nSPS) is 17.1. The number of halogens is 1. The molecule has 1 heterocycles. The largest absolute Gasteiger partial charge is 0.308 e. The van der Waals surface area contributed by atoms with Crippen LogP contribution in [0.4, 0.5) is 0 Å². The maximum atomic E-state index is 5.78. The van der Waals surface area contributed by atoms with Crippen LogP contribution in [0.3, 0.4) is 0 Å². The van der Waals surface area contributed by atoms with Crippen LogP contribution in [-0.2, 0) is 6.42 Å². The summed E-state index contributed by atoms with van der Waals surface area (Å²) in [7, 11) is 0. The molecule has 86 valence electrons. The van der Waals surface area contributed by atoms with Crippen molar-refractivity contribution in [2.24, 2.45) is 5.92 Å².